The number of unbranched alkanes of at least 4 members (excludes halogenated alkanes) is 8. The van der Waals surface area contributed by atoms with Gasteiger partial charge in [0, 0.05) is 33.2 Å². The van der Waals surface area contributed by atoms with Crippen LogP contribution < -0.4 is 0 Å². The zero-order chi connectivity index (χ0) is 20.2. The van der Waals surface area contributed by atoms with Gasteiger partial charge in [0.2, 0.25) is 0 Å². The van der Waals surface area contributed by atoms with E-state index in [0.717, 1.165) is 25.9 Å². The lowest BCUT2D eigenvalue weighted by atomic mass is 10.1. The quantitative estimate of drug-likeness (QED) is 0.234. The molecule has 5 nitrogen and oxygen atoms in total. The number of rotatable bonds is 20. The van der Waals surface area contributed by atoms with Crippen LogP contribution in [0.4, 0.5) is 0 Å². The van der Waals surface area contributed by atoms with Crippen molar-refractivity contribution in [2.24, 2.45) is 0 Å². The summed E-state index contributed by atoms with van der Waals surface area (Å²) in [4.78, 5) is 11.7. The van der Waals surface area contributed by atoms with Gasteiger partial charge in [-0.05, 0) is 19.3 Å². The molecular formula is C22H44O5. The van der Waals surface area contributed by atoms with E-state index in [1.165, 1.54) is 44.9 Å². The molecule has 0 aliphatic carbocycles. The van der Waals surface area contributed by atoms with Crippen LogP contribution >= 0.6 is 0 Å². The zero-order valence-electron chi connectivity index (χ0n) is 18.0. The lowest BCUT2D eigenvalue weighted by Crippen LogP contribution is -2.30. The number of aliphatic hydroxyl groups excluding tert-OH is 1. The van der Waals surface area contributed by atoms with E-state index >= 15 is 0 Å². The number of aliphatic hydroxyl groups is 1. The van der Waals surface area contributed by atoms with Crippen LogP contribution in [-0.2, 0) is 19.0 Å². The third-order valence-corrected chi connectivity index (χ3v) is 4.83. The van der Waals surface area contributed by atoms with Crippen LogP contribution in [0.1, 0.15) is 97.3 Å². The van der Waals surface area contributed by atoms with Crippen molar-refractivity contribution in [3.05, 3.63) is 0 Å². The lowest BCUT2D eigenvalue weighted by Gasteiger charge is -2.21. The minimum absolute atomic E-state index is 0.151. The Labute approximate surface area is 167 Å². The molecule has 0 spiro atoms. The van der Waals surface area contributed by atoms with E-state index in [9.17, 15) is 9.90 Å². The van der Waals surface area contributed by atoms with Crippen molar-refractivity contribution in [1.29, 1.82) is 0 Å². The maximum Gasteiger partial charge on any atom is 0.305 e. The second-order valence-corrected chi connectivity index (χ2v) is 7.33. The highest BCUT2D eigenvalue weighted by atomic mass is 16.5. The summed E-state index contributed by atoms with van der Waals surface area (Å²) in [6.45, 7) is 5.97. The van der Waals surface area contributed by atoms with Crippen molar-refractivity contribution in [2.45, 2.75) is 110 Å². The van der Waals surface area contributed by atoms with Crippen molar-refractivity contribution in [3.63, 3.8) is 0 Å². The average Bonchev–Trinajstić information content (AvgIpc) is 2.67. The van der Waals surface area contributed by atoms with Crippen LogP contribution in [0.25, 0.3) is 0 Å². The topological polar surface area (TPSA) is 65.0 Å². The second-order valence-electron chi connectivity index (χ2n) is 7.33. The molecule has 0 fully saturated rings. The van der Waals surface area contributed by atoms with E-state index < -0.39 is 6.10 Å². The van der Waals surface area contributed by atoms with E-state index in [0.29, 0.717) is 32.5 Å². The van der Waals surface area contributed by atoms with Crippen LogP contribution in [0.15, 0.2) is 0 Å². The van der Waals surface area contributed by atoms with E-state index in [1.807, 2.05) is 0 Å². The standard InChI is InChI=1S/C22H44O5/c1-4-6-8-10-12-14-22(24)27-19-16-21(25-3)20(23)15-18-26-17-13-11-9-7-5-2/h20-21,23H,4-19H2,1-3H3. The van der Waals surface area contributed by atoms with Gasteiger partial charge in [0.15, 0.2) is 0 Å². The first-order valence-corrected chi connectivity index (χ1v) is 11.1. The van der Waals surface area contributed by atoms with Gasteiger partial charge in [-0.3, -0.25) is 4.79 Å². The summed E-state index contributed by atoms with van der Waals surface area (Å²) in [5.74, 6) is -0.151. The predicted octanol–water partition coefficient (Wildman–Crippen LogP) is 5.03. The molecule has 0 heterocycles. The first-order valence-electron chi connectivity index (χ1n) is 11.1. The molecule has 0 saturated heterocycles. The lowest BCUT2D eigenvalue weighted by molar-refractivity contribution is -0.145. The fourth-order valence-electron chi connectivity index (χ4n) is 3.00. The molecule has 27 heavy (non-hydrogen) atoms. The van der Waals surface area contributed by atoms with Gasteiger partial charge >= 0.3 is 5.97 Å². The van der Waals surface area contributed by atoms with Crippen LogP contribution in [0.2, 0.25) is 0 Å². The zero-order valence-corrected chi connectivity index (χ0v) is 18.0. The second kappa shape index (κ2) is 20.1. The van der Waals surface area contributed by atoms with E-state index in [2.05, 4.69) is 13.8 Å². The van der Waals surface area contributed by atoms with Gasteiger partial charge in [-0.25, -0.2) is 0 Å². The van der Waals surface area contributed by atoms with Crippen molar-refractivity contribution in [1.82, 2.24) is 0 Å². The molecule has 0 amide bonds. The van der Waals surface area contributed by atoms with Crippen molar-refractivity contribution >= 4 is 5.97 Å². The Hall–Kier alpha value is -0.650. The van der Waals surface area contributed by atoms with Gasteiger partial charge in [-0.15, -0.1) is 0 Å². The summed E-state index contributed by atoms with van der Waals surface area (Å²) >= 11 is 0. The SMILES string of the molecule is CCCCCCCOCCC(O)C(CCOC(=O)CCCCCCC)OC. The van der Waals surface area contributed by atoms with E-state index in [-0.39, 0.29) is 12.1 Å². The third-order valence-electron chi connectivity index (χ3n) is 4.83. The maximum atomic E-state index is 11.7. The highest BCUT2D eigenvalue weighted by Gasteiger charge is 2.19. The molecule has 0 aromatic carbocycles. The number of carbonyl (C=O) groups excluding carboxylic acids is 1. The number of methoxy groups -OCH3 is 1. The fraction of sp³-hybridized carbons (Fsp3) is 0.955. The molecule has 0 rings (SSSR count). The Morgan fingerprint density at radius 1 is 0.815 bits per heavy atom. The molecule has 0 radical (unpaired) electrons. The summed E-state index contributed by atoms with van der Waals surface area (Å²) in [5.41, 5.74) is 0. The predicted molar refractivity (Wildman–Crippen MR) is 110 cm³/mol. The summed E-state index contributed by atoms with van der Waals surface area (Å²) in [5, 5.41) is 10.2. The first-order chi connectivity index (χ1) is 13.2. The van der Waals surface area contributed by atoms with E-state index in [1.54, 1.807) is 7.11 Å². The van der Waals surface area contributed by atoms with Crippen molar-refractivity contribution < 1.29 is 24.1 Å². The molecular weight excluding hydrogens is 344 g/mol. The van der Waals surface area contributed by atoms with Crippen LogP contribution in [0, 0.1) is 0 Å². The molecule has 2 unspecified atom stereocenters. The Kier molecular flexibility index (Phi) is 19.6. The molecule has 0 bridgehead atoms. The summed E-state index contributed by atoms with van der Waals surface area (Å²) in [6.07, 6.45) is 12.3. The molecule has 0 aliphatic heterocycles. The summed E-state index contributed by atoms with van der Waals surface area (Å²) in [7, 11) is 1.58. The highest BCUT2D eigenvalue weighted by Crippen LogP contribution is 2.10. The summed E-state index contributed by atoms with van der Waals surface area (Å²) in [6, 6.07) is 0. The van der Waals surface area contributed by atoms with Gasteiger partial charge in [0.05, 0.1) is 18.8 Å². The number of ether oxygens (including phenoxy) is 3. The highest BCUT2D eigenvalue weighted by molar-refractivity contribution is 5.69. The first kappa shape index (κ1) is 26.4. The molecule has 0 aromatic rings. The van der Waals surface area contributed by atoms with Crippen LogP contribution in [-0.4, -0.2) is 50.2 Å². The Morgan fingerprint density at radius 2 is 1.44 bits per heavy atom. The van der Waals surface area contributed by atoms with Gasteiger partial charge < -0.3 is 19.3 Å². The monoisotopic (exact) mass is 388 g/mol. The maximum absolute atomic E-state index is 11.7. The van der Waals surface area contributed by atoms with Crippen LogP contribution in [0.3, 0.4) is 0 Å². The van der Waals surface area contributed by atoms with Gasteiger partial charge in [-0.2, -0.15) is 0 Å². The number of hydrogen-bond acceptors (Lipinski definition) is 5. The van der Waals surface area contributed by atoms with Crippen molar-refractivity contribution in [3.8, 4) is 0 Å². The Bertz CT molecular complexity index is 322. The van der Waals surface area contributed by atoms with Gasteiger partial charge in [0.1, 0.15) is 0 Å². The van der Waals surface area contributed by atoms with E-state index in [4.69, 9.17) is 14.2 Å². The van der Waals surface area contributed by atoms with Crippen LogP contribution in [0.5, 0.6) is 0 Å². The molecule has 0 saturated carbocycles. The minimum Gasteiger partial charge on any atom is -0.466 e. The number of esters is 1. The molecule has 0 aliphatic rings. The van der Waals surface area contributed by atoms with Crippen molar-refractivity contribution in [2.75, 3.05) is 26.9 Å². The Balaban J connectivity index is 3.66. The van der Waals surface area contributed by atoms with Gasteiger partial charge in [0.25, 0.3) is 0 Å². The Morgan fingerprint density at radius 3 is 2.07 bits per heavy atom. The van der Waals surface area contributed by atoms with Gasteiger partial charge in [-0.1, -0.05) is 65.2 Å². The summed E-state index contributed by atoms with van der Waals surface area (Å²) < 4.78 is 16.2. The largest absolute Gasteiger partial charge is 0.466 e. The normalized spacial score (nSPS) is 13.5. The molecule has 0 aromatic heterocycles. The number of hydrogen-bond donors (Lipinski definition) is 1. The number of carbonyl (C=O) groups is 1. The molecule has 162 valence electrons. The average molecular weight is 389 g/mol. The molecule has 5 heteroatoms. The fourth-order valence-corrected chi connectivity index (χ4v) is 3.00. The minimum atomic E-state index is -0.595. The third kappa shape index (κ3) is 17.2. The smallest absolute Gasteiger partial charge is 0.305 e. The molecule has 1 N–H and O–H groups in total. The molecule has 2 atom stereocenters.